The number of hydrogen-bond donors (Lipinski definition) is 0. The summed E-state index contributed by atoms with van der Waals surface area (Å²) in [7, 11) is 1.71. The molecule has 2 rings (SSSR count). The molecule has 1 heterocycles. The number of nitrogens with zero attached hydrogens (tertiary/aromatic N) is 2. The molecule has 0 aliphatic carbocycles. The van der Waals surface area contributed by atoms with Crippen molar-refractivity contribution in [2.75, 3.05) is 7.05 Å². The van der Waals surface area contributed by atoms with Crippen LogP contribution in [-0.2, 0) is 11.3 Å². The zero-order valence-electron chi connectivity index (χ0n) is 12.6. The molecule has 0 saturated heterocycles. The second kappa shape index (κ2) is 5.74. The Morgan fingerprint density at radius 3 is 2.76 bits per heavy atom. The largest absolute Gasteiger partial charge is 0.444 e. The first kappa shape index (κ1) is 15.3. The lowest BCUT2D eigenvalue weighted by molar-refractivity contribution is 0.0286. The van der Waals surface area contributed by atoms with Gasteiger partial charge in [0.05, 0.1) is 12.1 Å². The van der Waals surface area contributed by atoms with Crippen LogP contribution < -0.4 is 0 Å². The molecule has 0 spiro atoms. The van der Waals surface area contributed by atoms with Crippen LogP contribution in [0, 0.1) is 11.3 Å². The van der Waals surface area contributed by atoms with Gasteiger partial charge in [-0.05, 0) is 26.3 Å². The molecule has 2 aromatic rings. The number of ether oxygens (including phenoxy) is 1. The van der Waals surface area contributed by atoms with Gasteiger partial charge >= 0.3 is 6.09 Å². The van der Waals surface area contributed by atoms with Crippen LogP contribution in [0.25, 0.3) is 10.1 Å². The molecular formula is C16H18N2O2S. The van der Waals surface area contributed by atoms with Gasteiger partial charge in [-0.1, -0.05) is 18.2 Å². The fourth-order valence-electron chi connectivity index (χ4n) is 1.99. The van der Waals surface area contributed by atoms with Crippen LogP contribution in [0.15, 0.2) is 23.6 Å². The normalized spacial score (nSPS) is 11.2. The van der Waals surface area contributed by atoms with Crippen LogP contribution in [-0.4, -0.2) is 23.6 Å². The molecule has 0 fully saturated rings. The molecule has 110 valence electrons. The number of benzene rings is 1. The lowest BCUT2D eigenvalue weighted by atomic mass is 10.1. The maximum atomic E-state index is 12.0. The van der Waals surface area contributed by atoms with Crippen LogP contribution in [0.5, 0.6) is 0 Å². The van der Waals surface area contributed by atoms with Crippen LogP contribution in [0.2, 0.25) is 0 Å². The standard InChI is InChI=1S/C16H18N2O2S/c1-16(2,3)20-15(19)18(4)9-11-6-5-7-13-12(8-17)10-21-14(11)13/h5-7,10H,9H2,1-4H3. The Bertz CT molecular complexity index is 707. The van der Waals surface area contributed by atoms with E-state index in [9.17, 15) is 4.79 Å². The zero-order chi connectivity index (χ0) is 15.6. The van der Waals surface area contributed by atoms with E-state index in [1.165, 1.54) is 11.3 Å². The van der Waals surface area contributed by atoms with E-state index in [0.717, 1.165) is 15.6 Å². The molecule has 5 heteroatoms. The van der Waals surface area contributed by atoms with E-state index in [2.05, 4.69) is 6.07 Å². The van der Waals surface area contributed by atoms with E-state index >= 15 is 0 Å². The first-order chi connectivity index (χ1) is 9.81. The minimum absolute atomic E-state index is 0.350. The number of fused-ring (bicyclic) bond motifs is 1. The van der Waals surface area contributed by atoms with Crippen LogP contribution in [0.1, 0.15) is 31.9 Å². The lowest BCUT2D eigenvalue weighted by Crippen LogP contribution is -2.33. The van der Waals surface area contributed by atoms with E-state index < -0.39 is 5.60 Å². The van der Waals surface area contributed by atoms with E-state index in [0.29, 0.717) is 12.1 Å². The van der Waals surface area contributed by atoms with Crippen LogP contribution >= 0.6 is 11.3 Å². The van der Waals surface area contributed by atoms with E-state index in [1.807, 2.05) is 44.4 Å². The number of thiophene rings is 1. The molecule has 0 unspecified atom stereocenters. The maximum absolute atomic E-state index is 12.0. The van der Waals surface area contributed by atoms with E-state index in [4.69, 9.17) is 10.00 Å². The Labute approximate surface area is 128 Å². The molecule has 0 bridgehead atoms. The minimum Gasteiger partial charge on any atom is -0.444 e. The van der Waals surface area contributed by atoms with Crippen molar-refractivity contribution in [1.82, 2.24) is 4.90 Å². The van der Waals surface area contributed by atoms with Gasteiger partial charge in [0.2, 0.25) is 0 Å². The maximum Gasteiger partial charge on any atom is 0.410 e. The first-order valence-electron chi connectivity index (χ1n) is 6.65. The third-order valence-corrected chi connectivity index (χ3v) is 3.99. The average Bonchev–Trinajstić information content (AvgIpc) is 2.80. The zero-order valence-corrected chi connectivity index (χ0v) is 13.5. The summed E-state index contributed by atoms with van der Waals surface area (Å²) in [6.07, 6.45) is -0.350. The smallest absolute Gasteiger partial charge is 0.410 e. The Hall–Kier alpha value is -2.06. The molecule has 0 aliphatic rings. The third-order valence-electron chi connectivity index (χ3n) is 2.91. The van der Waals surface area contributed by atoms with Crippen LogP contribution in [0.4, 0.5) is 4.79 Å². The molecule has 0 saturated carbocycles. The van der Waals surface area contributed by atoms with Crippen LogP contribution in [0.3, 0.4) is 0 Å². The van der Waals surface area contributed by atoms with Crippen molar-refractivity contribution in [3.05, 3.63) is 34.7 Å². The van der Waals surface area contributed by atoms with Gasteiger partial charge in [-0.25, -0.2) is 4.79 Å². The molecule has 1 aromatic carbocycles. The topological polar surface area (TPSA) is 53.3 Å². The summed E-state index contributed by atoms with van der Waals surface area (Å²) in [6, 6.07) is 8.01. The number of rotatable bonds is 2. The Balaban J connectivity index is 2.22. The van der Waals surface area contributed by atoms with Crippen molar-refractivity contribution in [3.63, 3.8) is 0 Å². The predicted molar refractivity (Wildman–Crippen MR) is 84.2 cm³/mol. The number of amides is 1. The highest BCUT2D eigenvalue weighted by Gasteiger charge is 2.20. The molecule has 1 amide bonds. The molecule has 0 atom stereocenters. The Morgan fingerprint density at radius 1 is 1.43 bits per heavy atom. The van der Waals surface area contributed by atoms with E-state index in [-0.39, 0.29) is 6.09 Å². The quantitative estimate of drug-likeness (QED) is 0.837. The molecule has 0 N–H and O–H groups in total. The molecule has 21 heavy (non-hydrogen) atoms. The lowest BCUT2D eigenvalue weighted by Gasteiger charge is -2.24. The summed E-state index contributed by atoms with van der Waals surface area (Å²) in [6.45, 7) is 5.99. The highest BCUT2D eigenvalue weighted by molar-refractivity contribution is 7.17. The molecule has 0 radical (unpaired) electrons. The van der Waals surface area contributed by atoms with Crippen molar-refractivity contribution in [1.29, 1.82) is 5.26 Å². The number of carbonyl (C=O) groups excluding carboxylic acids is 1. The van der Waals surface area contributed by atoms with Gasteiger partial charge in [0, 0.05) is 22.5 Å². The summed E-state index contributed by atoms with van der Waals surface area (Å²) in [5, 5.41) is 11.9. The number of hydrogen-bond acceptors (Lipinski definition) is 4. The molecular weight excluding hydrogens is 284 g/mol. The molecule has 0 aliphatic heterocycles. The van der Waals surface area contributed by atoms with Crippen molar-refractivity contribution < 1.29 is 9.53 Å². The third kappa shape index (κ3) is 3.53. The summed E-state index contributed by atoms with van der Waals surface area (Å²) >= 11 is 1.53. The second-order valence-electron chi connectivity index (χ2n) is 5.89. The number of carbonyl (C=O) groups is 1. The average molecular weight is 302 g/mol. The summed E-state index contributed by atoms with van der Waals surface area (Å²) in [4.78, 5) is 13.6. The van der Waals surface area contributed by atoms with Gasteiger partial charge in [0.25, 0.3) is 0 Å². The Morgan fingerprint density at radius 2 is 2.14 bits per heavy atom. The highest BCUT2D eigenvalue weighted by Crippen LogP contribution is 2.29. The van der Waals surface area contributed by atoms with Gasteiger partial charge in [-0.15, -0.1) is 11.3 Å². The van der Waals surface area contributed by atoms with Crippen molar-refractivity contribution in [2.24, 2.45) is 0 Å². The monoisotopic (exact) mass is 302 g/mol. The number of nitriles is 1. The minimum atomic E-state index is -0.506. The van der Waals surface area contributed by atoms with Gasteiger partial charge in [-0.3, -0.25) is 0 Å². The van der Waals surface area contributed by atoms with E-state index in [1.54, 1.807) is 11.9 Å². The van der Waals surface area contributed by atoms with Crippen molar-refractivity contribution in [3.8, 4) is 6.07 Å². The summed E-state index contributed by atoms with van der Waals surface area (Å²) in [5.74, 6) is 0. The van der Waals surface area contributed by atoms with Crippen molar-refractivity contribution in [2.45, 2.75) is 32.9 Å². The fourth-order valence-corrected chi connectivity index (χ4v) is 2.99. The molecule has 1 aromatic heterocycles. The molecule has 4 nitrogen and oxygen atoms in total. The summed E-state index contributed by atoms with van der Waals surface area (Å²) in [5.41, 5.74) is 1.19. The fraction of sp³-hybridized carbons (Fsp3) is 0.375. The van der Waals surface area contributed by atoms with Gasteiger partial charge in [0.1, 0.15) is 11.7 Å². The van der Waals surface area contributed by atoms with Gasteiger partial charge in [-0.2, -0.15) is 5.26 Å². The second-order valence-corrected chi connectivity index (χ2v) is 6.77. The van der Waals surface area contributed by atoms with Crippen molar-refractivity contribution >= 4 is 27.5 Å². The SMILES string of the molecule is CN(Cc1cccc2c(C#N)csc12)C(=O)OC(C)(C)C. The summed E-state index contributed by atoms with van der Waals surface area (Å²) < 4.78 is 6.39. The highest BCUT2D eigenvalue weighted by atomic mass is 32.1. The Kier molecular flexibility index (Phi) is 4.19. The first-order valence-corrected chi connectivity index (χ1v) is 7.53. The van der Waals surface area contributed by atoms with Gasteiger partial charge < -0.3 is 9.64 Å². The van der Waals surface area contributed by atoms with Gasteiger partial charge in [0.15, 0.2) is 0 Å². The predicted octanol–water partition coefficient (Wildman–Crippen LogP) is 4.14.